The Bertz CT molecular complexity index is 1610. The van der Waals surface area contributed by atoms with Gasteiger partial charge in [-0.05, 0) is 25.1 Å². The van der Waals surface area contributed by atoms with Crippen molar-refractivity contribution in [2.75, 3.05) is 20.2 Å². The van der Waals surface area contributed by atoms with Crippen molar-refractivity contribution >= 4 is 56.6 Å². The monoisotopic (exact) mass is 499 g/mol. The molecule has 0 aliphatic carbocycles. The highest BCUT2D eigenvalue weighted by molar-refractivity contribution is 6.50. The van der Waals surface area contributed by atoms with Crippen molar-refractivity contribution in [1.29, 1.82) is 0 Å². The lowest BCUT2D eigenvalue weighted by Gasteiger charge is -2.06. The van der Waals surface area contributed by atoms with Crippen LogP contribution in [0.3, 0.4) is 0 Å². The van der Waals surface area contributed by atoms with Gasteiger partial charge in [-0.2, -0.15) is 0 Å². The molecule has 5 rings (SSSR count). The molecule has 0 saturated heterocycles. The summed E-state index contributed by atoms with van der Waals surface area (Å²) < 4.78 is 6.61. The number of nitrogens with zero attached hydrogens (tertiary/aromatic N) is 1. The van der Waals surface area contributed by atoms with E-state index in [1.807, 2.05) is 35.0 Å². The Labute approximate surface area is 211 Å². The number of imide groups is 1. The number of hydrogen-bond donors (Lipinski definition) is 4. The fourth-order valence-corrected chi connectivity index (χ4v) is 4.73. The van der Waals surface area contributed by atoms with Gasteiger partial charge in [0.05, 0.1) is 29.3 Å². The largest absolute Gasteiger partial charge is 0.468 e. The predicted octanol–water partition coefficient (Wildman–Crippen LogP) is 1.94. The number of ether oxygens (including phenoxy) is 1. The number of benzene rings is 2. The molecule has 1 aliphatic heterocycles. The van der Waals surface area contributed by atoms with Crippen LogP contribution in [-0.4, -0.2) is 53.4 Å². The summed E-state index contributed by atoms with van der Waals surface area (Å²) in [7, 11) is 1.24. The lowest BCUT2D eigenvalue weighted by Crippen LogP contribution is -2.30. The molecule has 3 heterocycles. The smallest absolute Gasteiger partial charge is 0.325 e. The second kappa shape index (κ2) is 9.75. The van der Waals surface area contributed by atoms with Gasteiger partial charge in [0.1, 0.15) is 6.54 Å². The van der Waals surface area contributed by atoms with Crippen LogP contribution in [0.15, 0.2) is 54.9 Å². The number of fused-ring (bicyclic) bond motifs is 2. The van der Waals surface area contributed by atoms with Gasteiger partial charge in [-0.15, -0.1) is 0 Å². The van der Waals surface area contributed by atoms with E-state index in [2.05, 4.69) is 20.4 Å². The second-order valence-corrected chi connectivity index (χ2v) is 8.62. The van der Waals surface area contributed by atoms with E-state index < -0.39 is 23.7 Å². The highest BCUT2D eigenvalue weighted by Crippen LogP contribution is 2.38. The number of rotatable bonds is 8. The first kappa shape index (κ1) is 24.0. The van der Waals surface area contributed by atoms with Crippen LogP contribution >= 0.6 is 0 Å². The van der Waals surface area contributed by atoms with E-state index in [0.29, 0.717) is 35.1 Å². The zero-order chi connectivity index (χ0) is 26.1. The number of aryl methyl sites for hydroxylation is 1. The summed E-state index contributed by atoms with van der Waals surface area (Å²) >= 11 is 0. The standard InChI is InChI=1S/C27H25N5O5/c1-37-21(33)13-30-25(34)17-8-4-7-16-18(12-29-24(16)17)22-23(27(36)31-26(22)35)19-14-32(11-5-10-28)20-9-3-2-6-15(19)20/h2-4,6-9,12,14,29H,5,10-11,13,28H2,1H3,(H,30,34)(H,31,35,36). The van der Waals surface area contributed by atoms with Crippen LogP contribution in [0, 0.1) is 0 Å². The van der Waals surface area contributed by atoms with Gasteiger partial charge in [0.15, 0.2) is 0 Å². The van der Waals surface area contributed by atoms with Crippen LogP contribution in [0.1, 0.15) is 27.9 Å². The Balaban J connectivity index is 1.65. The topological polar surface area (TPSA) is 148 Å². The molecule has 1 aliphatic rings. The minimum absolute atomic E-state index is 0.227. The number of para-hydroxylation sites is 2. The summed E-state index contributed by atoms with van der Waals surface area (Å²) in [4.78, 5) is 53.5. The normalized spacial score (nSPS) is 13.5. The number of carbonyl (C=O) groups excluding carboxylic acids is 4. The van der Waals surface area contributed by atoms with Crippen LogP contribution < -0.4 is 16.4 Å². The molecule has 37 heavy (non-hydrogen) atoms. The van der Waals surface area contributed by atoms with Gasteiger partial charge in [0.25, 0.3) is 17.7 Å². The maximum Gasteiger partial charge on any atom is 0.325 e. The van der Waals surface area contributed by atoms with Crippen LogP contribution in [0.4, 0.5) is 0 Å². The molecule has 0 fully saturated rings. The van der Waals surface area contributed by atoms with E-state index in [1.54, 1.807) is 24.4 Å². The molecule has 188 valence electrons. The van der Waals surface area contributed by atoms with Gasteiger partial charge < -0.3 is 25.3 Å². The second-order valence-electron chi connectivity index (χ2n) is 8.62. The molecular weight excluding hydrogens is 474 g/mol. The molecule has 0 spiro atoms. The Morgan fingerprint density at radius 2 is 1.73 bits per heavy atom. The molecule has 0 atom stereocenters. The van der Waals surface area contributed by atoms with Gasteiger partial charge in [-0.25, -0.2) is 0 Å². The number of amides is 3. The van der Waals surface area contributed by atoms with Crippen LogP contribution in [0.5, 0.6) is 0 Å². The lowest BCUT2D eigenvalue weighted by molar-refractivity contribution is -0.139. The third-order valence-electron chi connectivity index (χ3n) is 6.44. The van der Waals surface area contributed by atoms with Crippen molar-refractivity contribution in [2.24, 2.45) is 5.73 Å². The molecule has 3 amide bonds. The van der Waals surface area contributed by atoms with Gasteiger partial charge in [-0.3, -0.25) is 24.5 Å². The quantitative estimate of drug-likeness (QED) is 0.215. The molecule has 0 saturated carbocycles. The summed E-state index contributed by atoms with van der Waals surface area (Å²) in [5.74, 6) is -2.05. The lowest BCUT2D eigenvalue weighted by atomic mass is 9.95. The third kappa shape index (κ3) is 4.17. The SMILES string of the molecule is COC(=O)CNC(=O)c1cccc2c(C3=C(c4cn(CCCN)c5ccccc45)C(=O)NC3=O)c[nH]c12. The highest BCUT2D eigenvalue weighted by Gasteiger charge is 2.35. The summed E-state index contributed by atoms with van der Waals surface area (Å²) in [6.45, 7) is 0.922. The number of nitrogens with two attached hydrogens (primary N) is 1. The van der Waals surface area contributed by atoms with Crippen LogP contribution in [-0.2, 0) is 25.7 Å². The predicted molar refractivity (Wildman–Crippen MR) is 138 cm³/mol. The number of hydrogen-bond acceptors (Lipinski definition) is 6. The molecule has 0 bridgehead atoms. The maximum atomic E-state index is 13.1. The number of carbonyl (C=O) groups is 4. The number of aromatic amines is 1. The Kier molecular flexibility index (Phi) is 6.33. The van der Waals surface area contributed by atoms with Gasteiger partial charge in [0.2, 0.25) is 0 Å². The van der Waals surface area contributed by atoms with Crippen molar-refractivity contribution < 1.29 is 23.9 Å². The highest BCUT2D eigenvalue weighted by atomic mass is 16.5. The van der Waals surface area contributed by atoms with E-state index in [-0.39, 0.29) is 23.3 Å². The van der Waals surface area contributed by atoms with Gasteiger partial charge in [-0.1, -0.05) is 30.3 Å². The van der Waals surface area contributed by atoms with Crippen molar-refractivity contribution in [3.05, 3.63) is 71.5 Å². The number of nitrogens with one attached hydrogen (secondary N) is 3. The van der Waals surface area contributed by atoms with E-state index in [4.69, 9.17) is 5.73 Å². The van der Waals surface area contributed by atoms with Crippen molar-refractivity contribution in [3.8, 4) is 0 Å². The minimum atomic E-state index is -0.575. The molecule has 10 nitrogen and oxygen atoms in total. The maximum absolute atomic E-state index is 13.1. The molecule has 0 unspecified atom stereocenters. The molecule has 2 aromatic heterocycles. The minimum Gasteiger partial charge on any atom is -0.468 e. The van der Waals surface area contributed by atoms with Crippen molar-refractivity contribution in [2.45, 2.75) is 13.0 Å². The summed E-state index contributed by atoms with van der Waals surface area (Å²) in [5, 5.41) is 6.40. The summed E-state index contributed by atoms with van der Waals surface area (Å²) in [5.41, 5.74) is 9.06. The summed E-state index contributed by atoms with van der Waals surface area (Å²) in [6, 6.07) is 12.8. The number of esters is 1. The first-order valence-corrected chi connectivity index (χ1v) is 11.8. The van der Waals surface area contributed by atoms with Crippen LogP contribution in [0.2, 0.25) is 0 Å². The fourth-order valence-electron chi connectivity index (χ4n) is 4.73. The average molecular weight is 500 g/mol. The zero-order valence-corrected chi connectivity index (χ0v) is 20.1. The van der Waals surface area contributed by atoms with E-state index in [9.17, 15) is 19.2 Å². The van der Waals surface area contributed by atoms with Gasteiger partial charge >= 0.3 is 5.97 Å². The molecule has 0 radical (unpaired) electrons. The van der Waals surface area contributed by atoms with Crippen molar-refractivity contribution in [3.63, 3.8) is 0 Å². The van der Waals surface area contributed by atoms with Crippen molar-refractivity contribution in [1.82, 2.24) is 20.2 Å². The van der Waals surface area contributed by atoms with Gasteiger partial charge in [0, 0.05) is 46.4 Å². The van der Waals surface area contributed by atoms with E-state index in [0.717, 1.165) is 17.3 Å². The molecule has 2 aromatic carbocycles. The molecule has 4 aromatic rings. The summed E-state index contributed by atoms with van der Waals surface area (Å²) in [6.07, 6.45) is 4.26. The third-order valence-corrected chi connectivity index (χ3v) is 6.44. The van der Waals surface area contributed by atoms with E-state index >= 15 is 0 Å². The Morgan fingerprint density at radius 3 is 2.49 bits per heavy atom. The van der Waals surface area contributed by atoms with Crippen LogP contribution in [0.25, 0.3) is 33.0 Å². The Morgan fingerprint density at radius 1 is 1.00 bits per heavy atom. The molecule has 5 N–H and O–H groups in total. The number of aromatic nitrogens is 2. The number of methoxy groups -OCH3 is 1. The molecule has 10 heteroatoms. The first-order valence-electron chi connectivity index (χ1n) is 11.8. The van der Waals surface area contributed by atoms with E-state index in [1.165, 1.54) is 7.11 Å². The first-order chi connectivity index (χ1) is 17.9. The number of H-pyrrole nitrogens is 1. The average Bonchev–Trinajstić information content (AvgIpc) is 3.58. The fraction of sp³-hybridized carbons (Fsp3) is 0.185. The molecular formula is C27H25N5O5. The Hall–Kier alpha value is -4.70. The zero-order valence-electron chi connectivity index (χ0n) is 20.1.